The number of pyridine rings is 1. The molecular weight excluding hydrogens is 472 g/mol. The SMILES string of the molecule is CNC(=O)/C=C/CNCCOc1ccc(/C(=C(\c2ccccc2)C2CCC2)c2ccc3[nH]ccc3c2)cn1. The van der Waals surface area contributed by atoms with Gasteiger partial charge in [-0.2, -0.15) is 0 Å². The van der Waals surface area contributed by atoms with Crippen molar-refractivity contribution in [3.05, 3.63) is 108 Å². The average molecular weight is 507 g/mol. The summed E-state index contributed by atoms with van der Waals surface area (Å²) < 4.78 is 5.87. The van der Waals surface area contributed by atoms with E-state index in [4.69, 9.17) is 4.74 Å². The molecule has 3 N–H and O–H groups in total. The summed E-state index contributed by atoms with van der Waals surface area (Å²) in [4.78, 5) is 19.2. The number of nitrogens with zero attached hydrogens (tertiary/aromatic N) is 1. The Bertz CT molecular complexity index is 1420. The highest BCUT2D eigenvalue weighted by molar-refractivity contribution is 6.01. The number of aromatic nitrogens is 2. The number of ether oxygens (including phenoxy) is 1. The van der Waals surface area contributed by atoms with Crippen LogP contribution < -0.4 is 15.4 Å². The van der Waals surface area contributed by atoms with E-state index < -0.39 is 0 Å². The molecule has 6 nitrogen and oxygen atoms in total. The number of hydrogen-bond donors (Lipinski definition) is 3. The van der Waals surface area contributed by atoms with Gasteiger partial charge in [-0.3, -0.25) is 4.79 Å². The van der Waals surface area contributed by atoms with Crippen molar-refractivity contribution in [1.82, 2.24) is 20.6 Å². The van der Waals surface area contributed by atoms with Crippen molar-refractivity contribution in [2.45, 2.75) is 19.3 Å². The third-order valence-electron chi connectivity index (χ3n) is 7.04. The minimum atomic E-state index is -0.110. The monoisotopic (exact) mass is 506 g/mol. The molecule has 6 heteroatoms. The van der Waals surface area contributed by atoms with Gasteiger partial charge in [0, 0.05) is 55.8 Å². The van der Waals surface area contributed by atoms with Crippen LogP contribution in [0.4, 0.5) is 0 Å². The molecule has 4 aromatic rings. The predicted molar refractivity (Wildman–Crippen MR) is 154 cm³/mol. The van der Waals surface area contributed by atoms with Gasteiger partial charge in [-0.05, 0) is 70.7 Å². The van der Waals surface area contributed by atoms with Gasteiger partial charge in [-0.25, -0.2) is 4.98 Å². The zero-order valence-electron chi connectivity index (χ0n) is 21.7. The van der Waals surface area contributed by atoms with Crippen LogP contribution in [-0.4, -0.2) is 42.6 Å². The lowest BCUT2D eigenvalue weighted by Gasteiger charge is -2.31. The van der Waals surface area contributed by atoms with Gasteiger partial charge in [0.05, 0.1) is 0 Å². The molecule has 0 aliphatic heterocycles. The summed E-state index contributed by atoms with van der Waals surface area (Å²) in [6, 6.07) is 23.6. The first-order valence-electron chi connectivity index (χ1n) is 13.3. The summed E-state index contributed by atoms with van der Waals surface area (Å²) in [5, 5.41) is 6.98. The summed E-state index contributed by atoms with van der Waals surface area (Å²) in [6.07, 6.45) is 10.9. The van der Waals surface area contributed by atoms with Gasteiger partial charge in [-0.15, -0.1) is 0 Å². The highest BCUT2D eigenvalue weighted by atomic mass is 16.5. The largest absolute Gasteiger partial charge is 0.476 e. The van der Waals surface area contributed by atoms with Gasteiger partial charge in [-0.1, -0.05) is 48.9 Å². The van der Waals surface area contributed by atoms with Crippen LogP contribution >= 0.6 is 0 Å². The lowest BCUT2D eigenvalue weighted by molar-refractivity contribution is -0.116. The number of allylic oxidation sites excluding steroid dienone is 1. The van der Waals surface area contributed by atoms with E-state index in [1.165, 1.54) is 53.0 Å². The number of fused-ring (bicyclic) bond motifs is 1. The number of aromatic amines is 1. The first-order valence-corrected chi connectivity index (χ1v) is 13.3. The molecular formula is C32H34N4O2. The Morgan fingerprint density at radius 2 is 1.89 bits per heavy atom. The molecule has 1 aliphatic carbocycles. The molecule has 0 saturated heterocycles. The Hall–Kier alpha value is -4.16. The number of carbonyl (C=O) groups excluding carboxylic acids is 1. The van der Waals surface area contributed by atoms with Crippen LogP contribution in [-0.2, 0) is 4.79 Å². The van der Waals surface area contributed by atoms with Crippen LogP contribution in [0.15, 0.2) is 91.3 Å². The topological polar surface area (TPSA) is 79.0 Å². The maximum atomic E-state index is 11.2. The molecule has 38 heavy (non-hydrogen) atoms. The third kappa shape index (κ3) is 6.03. The Morgan fingerprint density at radius 1 is 1.05 bits per heavy atom. The van der Waals surface area contributed by atoms with Crippen LogP contribution in [0, 0.1) is 5.92 Å². The Labute approximate surface area is 223 Å². The highest BCUT2D eigenvalue weighted by Gasteiger charge is 2.27. The molecule has 5 rings (SSSR count). The van der Waals surface area contributed by atoms with Crippen LogP contribution in [0.25, 0.3) is 22.0 Å². The standard InChI is InChI=1S/C32H34N4O2/c1-33-29(37)11-6-17-34-19-20-38-30-15-13-27(22-36-30)32(26-12-14-28-25(21-26)16-18-35-28)31(24-9-5-10-24)23-7-3-2-4-8-23/h2-4,6-8,11-16,18,21-22,24,34-35H,5,9-10,17,19-20H2,1H3,(H,33,37)/b11-6+,32-31+. The molecule has 1 saturated carbocycles. The van der Waals surface area contributed by atoms with Crippen LogP contribution in [0.2, 0.25) is 0 Å². The second-order valence-corrected chi connectivity index (χ2v) is 9.52. The fourth-order valence-corrected chi connectivity index (χ4v) is 4.86. The van der Waals surface area contributed by atoms with Crippen molar-refractivity contribution in [1.29, 1.82) is 0 Å². The average Bonchev–Trinajstić information content (AvgIpc) is 3.40. The molecule has 0 bridgehead atoms. The van der Waals surface area contributed by atoms with E-state index in [1.807, 2.05) is 18.5 Å². The summed E-state index contributed by atoms with van der Waals surface area (Å²) in [7, 11) is 1.61. The number of likely N-dealkylation sites (N-methyl/N-ethyl adjacent to an activating group) is 1. The van der Waals surface area contributed by atoms with Crippen LogP contribution in [0.1, 0.15) is 36.0 Å². The van der Waals surface area contributed by atoms with Crippen molar-refractivity contribution in [2.24, 2.45) is 5.92 Å². The maximum absolute atomic E-state index is 11.2. The third-order valence-corrected chi connectivity index (χ3v) is 7.04. The van der Waals surface area contributed by atoms with Crippen molar-refractivity contribution in [3.8, 4) is 5.88 Å². The molecule has 2 aromatic carbocycles. The van der Waals surface area contributed by atoms with Gasteiger partial charge in [0.15, 0.2) is 0 Å². The summed E-state index contributed by atoms with van der Waals surface area (Å²) in [5.41, 5.74) is 7.35. The Kier molecular flexibility index (Phi) is 8.31. The molecule has 1 aliphatic rings. The lowest BCUT2D eigenvalue weighted by atomic mass is 9.73. The highest BCUT2D eigenvalue weighted by Crippen LogP contribution is 2.45. The van der Waals surface area contributed by atoms with Gasteiger partial charge >= 0.3 is 0 Å². The number of H-pyrrole nitrogens is 1. The van der Waals surface area contributed by atoms with E-state index >= 15 is 0 Å². The number of rotatable bonds is 11. The molecule has 0 atom stereocenters. The van der Waals surface area contributed by atoms with Gasteiger partial charge in [0.25, 0.3) is 0 Å². The number of hydrogen-bond acceptors (Lipinski definition) is 4. The number of carbonyl (C=O) groups is 1. The van der Waals surface area contributed by atoms with E-state index in [9.17, 15) is 4.79 Å². The van der Waals surface area contributed by atoms with E-state index in [0.29, 0.717) is 31.5 Å². The molecule has 2 heterocycles. The Morgan fingerprint density at radius 3 is 2.63 bits per heavy atom. The number of amides is 1. The van der Waals surface area contributed by atoms with E-state index in [-0.39, 0.29) is 5.91 Å². The first kappa shape index (κ1) is 25.5. The van der Waals surface area contributed by atoms with Crippen LogP contribution in [0.5, 0.6) is 5.88 Å². The smallest absolute Gasteiger partial charge is 0.243 e. The first-order chi connectivity index (χ1) is 18.7. The Balaban J connectivity index is 1.39. The maximum Gasteiger partial charge on any atom is 0.243 e. The molecule has 194 valence electrons. The molecule has 1 fully saturated rings. The van der Waals surface area contributed by atoms with Crippen molar-refractivity contribution >= 4 is 28.0 Å². The number of benzene rings is 2. The van der Waals surface area contributed by atoms with Gasteiger partial charge in [0.1, 0.15) is 6.61 Å². The lowest BCUT2D eigenvalue weighted by Crippen LogP contribution is -2.22. The van der Waals surface area contributed by atoms with Crippen molar-refractivity contribution in [3.63, 3.8) is 0 Å². The zero-order valence-corrected chi connectivity index (χ0v) is 21.7. The molecule has 2 aromatic heterocycles. The molecule has 0 spiro atoms. The van der Waals surface area contributed by atoms with E-state index in [0.717, 1.165) is 11.1 Å². The fourth-order valence-electron chi connectivity index (χ4n) is 4.86. The van der Waals surface area contributed by atoms with E-state index in [1.54, 1.807) is 13.1 Å². The van der Waals surface area contributed by atoms with Crippen molar-refractivity contribution < 1.29 is 9.53 Å². The van der Waals surface area contributed by atoms with Gasteiger partial charge < -0.3 is 20.4 Å². The minimum absolute atomic E-state index is 0.110. The molecule has 0 radical (unpaired) electrons. The summed E-state index contributed by atoms with van der Waals surface area (Å²) in [5.74, 6) is 1.03. The summed E-state index contributed by atoms with van der Waals surface area (Å²) in [6.45, 7) is 1.75. The normalized spacial score (nSPS) is 14.3. The quantitative estimate of drug-likeness (QED) is 0.141. The minimum Gasteiger partial charge on any atom is -0.476 e. The van der Waals surface area contributed by atoms with Crippen molar-refractivity contribution in [2.75, 3.05) is 26.7 Å². The predicted octanol–water partition coefficient (Wildman–Crippen LogP) is 5.59. The number of nitrogens with one attached hydrogen (secondary N) is 3. The van der Waals surface area contributed by atoms with E-state index in [2.05, 4.69) is 81.3 Å². The molecule has 0 unspecified atom stereocenters. The fraction of sp³-hybridized carbons (Fsp3) is 0.250. The second-order valence-electron chi connectivity index (χ2n) is 9.52. The summed E-state index contributed by atoms with van der Waals surface area (Å²) >= 11 is 0. The zero-order chi connectivity index (χ0) is 26.2. The van der Waals surface area contributed by atoms with Crippen LogP contribution in [0.3, 0.4) is 0 Å². The molecule has 1 amide bonds. The van der Waals surface area contributed by atoms with Gasteiger partial charge in [0.2, 0.25) is 11.8 Å². The second kappa shape index (κ2) is 12.4.